The first-order chi connectivity index (χ1) is 10.7. The van der Waals surface area contributed by atoms with Gasteiger partial charge in [0.1, 0.15) is 0 Å². The van der Waals surface area contributed by atoms with Gasteiger partial charge in [-0.1, -0.05) is 108 Å². The molecule has 0 radical (unpaired) electrons. The summed E-state index contributed by atoms with van der Waals surface area (Å²) in [4.78, 5) is 0. The van der Waals surface area contributed by atoms with E-state index in [1.54, 1.807) is 31.1 Å². The van der Waals surface area contributed by atoms with E-state index in [1.807, 2.05) is 0 Å². The number of unbranched alkanes of at least 4 members (excludes halogenated alkanes) is 4. The number of hydrogen-bond donors (Lipinski definition) is 0. The van der Waals surface area contributed by atoms with Gasteiger partial charge in [0.2, 0.25) is 0 Å². The predicted molar refractivity (Wildman–Crippen MR) is 112 cm³/mol. The molecule has 0 rings (SSSR count). The van der Waals surface area contributed by atoms with Gasteiger partial charge in [0.25, 0.3) is 0 Å². The molecule has 0 aromatic heterocycles. The minimum absolute atomic E-state index is 0.318. The fourth-order valence-electron chi connectivity index (χ4n) is 3.50. The Morgan fingerprint density at radius 1 is 0.500 bits per heavy atom. The van der Waals surface area contributed by atoms with Gasteiger partial charge in [-0.3, -0.25) is 0 Å². The second-order valence-electron chi connectivity index (χ2n) is 6.76. The molecule has 0 aliphatic carbocycles. The highest BCUT2D eigenvalue weighted by molar-refractivity contribution is 7.75. The second-order valence-corrected chi connectivity index (χ2v) is 12.6. The normalized spacial score (nSPS) is 12.0. The SMILES string of the molecule is CCCCCCCC(P(CCC)CCC)P(CCC)CCC. The molecule has 0 amide bonds. The van der Waals surface area contributed by atoms with Gasteiger partial charge in [-0.05, 0) is 36.5 Å². The zero-order chi connectivity index (χ0) is 16.6. The minimum atomic E-state index is 0.318. The Balaban J connectivity index is 4.67. The molecule has 134 valence electrons. The van der Waals surface area contributed by atoms with Crippen LogP contribution in [-0.4, -0.2) is 30.0 Å². The van der Waals surface area contributed by atoms with E-state index in [-0.39, 0.29) is 0 Å². The Morgan fingerprint density at radius 2 is 0.909 bits per heavy atom. The van der Waals surface area contributed by atoms with E-state index in [0.717, 1.165) is 5.40 Å². The van der Waals surface area contributed by atoms with Crippen LogP contribution in [0.25, 0.3) is 0 Å². The van der Waals surface area contributed by atoms with E-state index in [9.17, 15) is 0 Å². The lowest BCUT2D eigenvalue weighted by molar-refractivity contribution is 0.619. The Labute approximate surface area is 145 Å². The number of hydrogen-bond acceptors (Lipinski definition) is 0. The first kappa shape index (κ1) is 22.9. The summed E-state index contributed by atoms with van der Waals surface area (Å²) in [6.07, 6.45) is 20.7. The first-order valence-electron chi connectivity index (χ1n) is 10.2. The molecule has 2 heteroatoms. The van der Waals surface area contributed by atoms with Crippen molar-refractivity contribution in [1.82, 2.24) is 0 Å². The van der Waals surface area contributed by atoms with E-state index in [2.05, 4.69) is 34.6 Å². The quantitative estimate of drug-likeness (QED) is 0.195. The molecule has 0 saturated heterocycles. The van der Waals surface area contributed by atoms with Gasteiger partial charge >= 0.3 is 0 Å². The van der Waals surface area contributed by atoms with Gasteiger partial charge in [0.15, 0.2) is 0 Å². The highest BCUT2D eigenvalue weighted by Crippen LogP contribution is 2.61. The fourth-order valence-corrected chi connectivity index (χ4v) is 11.8. The molecule has 0 bridgehead atoms. The Morgan fingerprint density at radius 3 is 1.27 bits per heavy atom. The van der Waals surface area contributed by atoms with Gasteiger partial charge in [-0.2, -0.15) is 0 Å². The molecule has 0 heterocycles. The molecule has 0 unspecified atom stereocenters. The summed E-state index contributed by atoms with van der Waals surface area (Å²) in [7, 11) is 0.635. The smallest absolute Gasteiger partial charge is 0.000583 e. The highest BCUT2D eigenvalue weighted by atomic mass is 31.2. The van der Waals surface area contributed by atoms with Crippen LogP contribution in [-0.2, 0) is 0 Å². The third-order valence-electron chi connectivity index (χ3n) is 4.45. The summed E-state index contributed by atoms with van der Waals surface area (Å²) in [5.41, 5.74) is 0. The molecule has 0 aromatic carbocycles. The van der Waals surface area contributed by atoms with Crippen LogP contribution in [0.4, 0.5) is 0 Å². The maximum Gasteiger partial charge on any atom is -0.000583 e. The molecular formula is C20H44P2. The van der Waals surface area contributed by atoms with Crippen molar-refractivity contribution in [3.63, 3.8) is 0 Å². The standard InChI is InChI=1S/C20H44P2/c1-6-11-12-13-14-15-20(21(16-7-2)17-8-3)22(18-9-4)19-10-5/h20H,6-19H2,1-5H3. The Bertz CT molecular complexity index is 190. The molecule has 0 aromatic rings. The van der Waals surface area contributed by atoms with Gasteiger partial charge in [0.05, 0.1) is 0 Å². The van der Waals surface area contributed by atoms with E-state index in [1.165, 1.54) is 57.8 Å². The highest BCUT2D eigenvalue weighted by Gasteiger charge is 2.26. The monoisotopic (exact) mass is 346 g/mol. The molecular weight excluding hydrogens is 302 g/mol. The van der Waals surface area contributed by atoms with Crippen molar-refractivity contribution in [3.8, 4) is 0 Å². The van der Waals surface area contributed by atoms with Crippen LogP contribution in [0.1, 0.15) is 98.8 Å². The van der Waals surface area contributed by atoms with Gasteiger partial charge < -0.3 is 0 Å². The van der Waals surface area contributed by atoms with Gasteiger partial charge in [-0.25, -0.2) is 0 Å². The number of rotatable bonds is 16. The van der Waals surface area contributed by atoms with E-state index < -0.39 is 0 Å². The molecule has 0 aliphatic rings. The summed E-state index contributed by atoms with van der Waals surface area (Å²) < 4.78 is 0. The first-order valence-corrected chi connectivity index (χ1v) is 13.8. The summed E-state index contributed by atoms with van der Waals surface area (Å²) in [5, 5.41) is 1.14. The van der Waals surface area contributed by atoms with Crippen molar-refractivity contribution in [3.05, 3.63) is 0 Å². The van der Waals surface area contributed by atoms with Crippen LogP contribution in [0.5, 0.6) is 0 Å². The van der Waals surface area contributed by atoms with Crippen LogP contribution in [0, 0.1) is 0 Å². The molecule has 0 fully saturated rings. The molecule has 0 spiro atoms. The predicted octanol–water partition coefficient (Wildman–Crippen LogP) is 8.28. The van der Waals surface area contributed by atoms with Crippen molar-refractivity contribution < 1.29 is 0 Å². The molecule has 0 aliphatic heterocycles. The lowest BCUT2D eigenvalue weighted by Crippen LogP contribution is -2.12. The van der Waals surface area contributed by atoms with Crippen LogP contribution >= 0.6 is 15.8 Å². The van der Waals surface area contributed by atoms with Crippen LogP contribution in [0.3, 0.4) is 0 Å². The largest absolute Gasteiger partial charge is 0.0991 e. The Kier molecular flexibility index (Phi) is 17.4. The molecule has 0 saturated carbocycles. The average Bonchev–Trinajstić information content (AvgIpc) is 2.51. The van der Waals surface area contributed by atoms with Gasteiger partial charge in [-0.15, -0.1) is 0 Å². The van der Waals surface area contributed by atoms with Crippen molar-refractivity contribution in [2.24, 2.45) is 0 Å². The summed E-state index contributed by atoms with van der Waals surface area (Å²) in [5.74, 6) is 0. The van der Waals surface area contributed by atoms with Crippen LogP contribution in [0.15, 0.2) is 0 Å². The average molecular weight is 347 g/mol. The van der Waals surface area contributed by atoms with Crippen LogP contribution in [0.2, 0.25) is 0 Å². The van der Waals surface area contributed by atoms with Crippen LogP contribution < -0.4 is 0 Å². The second kappa shape index (κ2) is 16.7. The minimum Gasteiger partial charge on any atom is -0.0991 e. The molecule has 22 heavy (non-hydrogen) atoms. The van der Waals surface area contributed by atoms with Crippen molar-refractivity contribution in [2.45, 2.75) is 104 Å². The fraction of sp³-hybridized carbons (Fsp3) is 1.00. The zero-order valence-corrected chi connectivity index (χ0v) is 18.2. The molecule has 0 N–H and O–H groups in total. The van der Waals surface area contributed by atoms with Crippen molar-refractivity contribution in [1.29, 1.82) is 0 Å². The molecule has 0 nitrogen and oxygen atoms in total. The lowest BCUT2D eigenvalue weighted by Gasteiger charge is -2.35. The summed E-state index contributed by atoms with van der Waals surface area (Å²) in [6.45, 7) is 12.0. The zero-order valence-electron chi connectivity index (χ0n) is 16.4. The maximum absolute atomic E-state index is 2.41. The topological polar surface area (TPSA) is 0 Å². The van der Waals surface area contributed by atoms with Crippen molar-refractivity contribution >= 4 is 15.8 Å². The maximum atomic E-state index is 2.41. The van der Waals surface area contributed by atoms with Gasteiger partial charge in [0, 0.05) is 0 Å². The summed E-state index contributed by atoms with van der Waals surface area (Å²) >= 11 is 0. The van der Waals surface area contributed by atoms with E-state index in [4.69, 9.17) is 0 Å². The third kappa shape index (κ3) is 10.6. The Hall–Kier alpha value is 0.860. The summed E-state index contributed by atoms with van der Waals surface area (Å²) in [6, 6.07) is 0. The third-order valence-corrected chi connectivity index (χ3v) is 12.7. The van der Waals surface area contributed by atoms with E-state index >= 15 is 0 Å². The van der Waals surface area contributed by atoms with E-state index in [0.29, 0.717) is 15.8 Å². The molecule has 0 atom stereocenters. The lowest BCUT2D eigenvalue weighted by atomic mass is 10.1. The van der Waals surface area contributed by atoms with Crippen molar-refractivity contribution in [2.75, 3.05) is 24.6 Å².